The summed E-state index contributed by atoms with van der Waals surface area (Å²) in [5.41, 5.74) is -0.0540. The van der Waals surface area contributed by atoms with Crippen LogP contribution >= 0.6 is 0 Å². The van der Waals surface area contributed by atoms with E-state index in [4.69, 9.17) is 4.74 Å². The topological polar surface area (TPSA) is 29.5 Å². The Morgan fingerprint density at radius 1 is 1.12 bits per heavy atom. The zero-order valence-corrected chi connectivity index (χ0v) is 16.8. The van der Waals surface area contributed by atoms with Crippen LogP contribution in [0.15, 0.2) is 30.3 Å². The first kappa shape index (κ1) is 20.5. The highest BCUT2D eigenvalue weighted by Crippen LogP contribution is 2.39. The lowest BCUT2D eigenvalue weighted by Crippen LogP contribution is -3.00. The van der Waals surface area contributed by atoms with E-state index in [1.807, 2.05) is 30.3 Å². The summed E-state index contributed by atoms with van der Waals surface area (Å²) in [6.07, 6.45) is 5.82. The van der Waals surface area contributed by atoms with E-state index in [2.05, 4.69) is 18.9 Å². The van der Waals surface area contributed by atoms with Crippen LogP contribution in [0.1, 0.15) is 37.7 Å². The second-order valence-corrected chi connectivity index (χ2v) is 7.61. The Balaban J connectivity index is 0.00000225. The second kappa shape index (κ2) is 9.19. The Bertz CT molecular complexity index is 583. The molecule has 1 unspecified atom stereocenters. The predicted octanol–water partition coefficient (Wildman–Crippen LogP) is -0.0613. The number of nitrogens with zero attached hydrogens (tertiary/aromatic N) is 1. The van der Waals surface area contributed by atoms with Crippen LogP contribution in [0.2, 0.25) is 0 Å². The summed E-state index contributed by atoms with van der Waals surface area (Å²) in [5.74, 6) is 6.90. The molecule has 1 saturated heterocycles. The zero-order chi connectivity index (χ0) is 16.9. The van der Waals surface area contributed by atoms with Gasteiger partial charge in [-0.25, -0.2) is 0 Å². The molecule has 1 aliphatic heterocycles. The summed E-state index contributed by atoms with van der Waals surface area (Å²) in [7, 11) is 2.24. The molecule has 2 fully saturated rings. The first-order valence-corrected chi connectivity index (χ1v) is 9.32. The van der Waals surface area contributed by atoms with Crippen LogP contribution in [0.5, 0.6) is 0 Å². The molecule has 138 valence electrons. The number of rotatable bonds is 3. The highest BCUT2D eigenvalue weighted by molar-refractivity contribution is 5.33. The fourth-order valence-electron chi connectivity index (χ4n) is 3.93. The number of benzene rings is 1. The van der Waals surface area contributed by atoms with Gasteiger partial charge in [0.1, 0.15) is 19.6 Å². The lowest BCUT2D eigenvalue weighted by atomic mass is 9.73. The number of likely N-dealkylation sites (N-methyl/N-ethyl adjacent to an activating group) is 1. The van der Waals surface area contributed by atoms with E-state index in [0.29, 0.717) is 0 Å². The Morgan fingerprint density at radius 3 is 2.40 bits per heavy atom. The number of morpholine rings is 1. The fraction of sp³-hybridized carbons (Fsp3) is 0.619. The third-order valence-corrected chi connectivity index (χ3v) is 5.70. The van der Waals surface area contributed by atoms with Crippen molar-refractivity contribution in [2.45, 2.75) is 37.7 Å². The summed E-state index contributed by atoms with van der Waals surface area (Å²) in [5, 5.41) is 11.5. The summed E-state index contributed by atoms with van der Waals surface area (Å²) in [4.78, 5) is 0. The van der Waals surface area contributed by atoms with Crippen molar-refractivity contribution in [1.29, 1.82) is 0 Å². The molecule has 0 amide bonds. The largest absolute Gasteiger partial charge is 1.00 e. The number of hydrogen-bond donors (Lipinski definition) is 1. The lowest BCUT2D eigenvalue weighted by Gasteiger charge is -2.37. The van der Waals surface area contributed by atoms with Crippen LogP contribution in [-0.2, 0) is 10.3 Å². The van der Waals surface area contributed by atoms with E-state index in [9.17, 15) is 5.11 Å². The smallest absolute Gasteiger partial charge is 0.153 e. The third-order valence-electron chi connectivity index (χ3n) is 5.70. The summed E-state index contributed by atoms with van der Waals surface area (Å²) < 4.78 is 6.38. The fourth-order valence-corrected chi connectivity index (χ4v) is 3.93. The highest BCUT2D eigenvalue weighted by Gasteiger charge is 2.37. The van der Waals surface area contributed by atoms with Crippen molar-refractivity contribution in [3.63, 3.8) is 0 Å². The molecule has 1 heterocycles. The van der Waals surface area contributed by atoms with Gasteiger partial charge in [0.05, 0.1) is 20.3 Å². The maximum absolute atomic E-state index is 11.5. The minimum Gasteiger partial charge on any atom is -1.00 e. The Morgan fingerprint density at radius 2 is 1.76 bits per heavy atom. The van der Waals surface area contributed by atoms with Gasteiger partial charge in [0, 0.05) is 5.92 Å². The van der Waals surface area contributed by atoms with Gasteiger partial charge < -0.3 is 31.3 Å². The van der Waals surface area contributed by atoms with Crippen LogP contribution in [0, 0.1) is 17.8 Å². The summed E-state index contributed by atoms with van der Waals surface area (Å²) >= 11 is 0. The van der Waals surface area contributed by atoms with Crippen molar-refractivity contribution in [2.24, 2.45) is 5.92 Å². The van der Waals surface area contributed by atoms with Gasteiger partial charge in [-0.3, -0.25) is 0 Å². The van der Waals surface area contributed by atoms with E-state index in [-0.39, 0.29) is 22.9 Å². The first-order chi connectivity index (χ1) is 11.6. The Labute approximate surface area is 162 Å². The molecule has 1 aliphatic carbocycles. The standard InChI is InChI=1S/C21H30NO2.BrH/c1-22(15-17-24-18-16-22)14-8-13-21(23,19-9-4-2-5-10-19)20-11-6-3-7-12-20;/h2,4-5,9-10,20,23H,3,6-7,11-12,14-18H2,1H3;1H/q+1;/p-1. The molecule has 1 aromatic rings. The maximum atomic E-state index is 11.5. The van der Waals surface area contributed by atoms with Crippen LogP contribution in [-0.4, -0.2) is 49.5 Å². The molecule has 1 N–H and O–H groups in total. The molecule has 3 rings (SSSR count). The maximum Gasteiger partial charge on any atom is 0.153 e. The monoisotopic (exact) mass is 407 g/mol. The van der Waals surface area contributed by atoms with E-state index in [1.165, 1.54) is 19.3 Å². The quantitative estimate of drug-likeness (QED) is 0.561. The number of aliphatic hydroxyl groups is 1. The molecule has 25 heavy (non-hydrogen) atoms. The van der Waals surface area contributed by atoms with E-state index < -0.39 is 5.60 Å². The number of halogens is 1. The van der Waals surface area contributed by atoms with E-state index in [1.54, 1.807) is 0 Å². The molecule has 0 bridgehead atoms. The van der Waals surface area contributed by atoms with Crippen LogP contribution in [0.4, 0.5) is 0 Å². The molecule has 3 nitrogen and oxygen atoms in total. The molecule has 1 saturated carbocycles. The highest BCUT2D eigenvalue weighted by atomic mass is 79.9. The van der Waals surface area contributed by atoms with Crippen molar-refractivity contribution in [3.05, 3.63) is 35.9 Å². The molecular formula is C21H30BrNO2. The average Bonchev–Trinajstić information content (AvgIpc) is 2.63. The van der Waals surface area contributed by atoms with Crippen LogP contribution in [0.25, 0.3) is 0 Å². The minimum atomic E-state index is -1.01. The first-order valence-electron chi connectivity index (χ1n) is 9.32. The minimum absolute atomic E-state index is 0. The average molecular weight is 408 g/mol. The molecule has 1 atom stereocenters. The second-order valence-electron chi connectivity index (χ2n) is 7.61. The summed E-state index contributed by atoms with van der Waals surface area (Å²) in [6, 6.07) is 10.0. The molecule has 0 radical (unpaired) electrons. The van der Waals surface area contributed by atoms with Gasteiger partial charge in [0.2, 0.25) is 0 Å². The molecule has 0 spiro atoms. The molecule has 2 aliphatic rings. The SMILES string of the molecule is C[N+]1(CC#CC(O)(c2ccccc2)C2CCCCC2)CCOCC1.[Br-]. The van der Waals surface area contributed by atoms with E-state index >= 15 is 0 Å². The van der Waals surface area contributed by atoms with Crippen LogP contribution < -0.4 is 17.0 Å². The molecule has 0 aromatic heterocycles. The van der Waals surface area contributed by atoms with Gasteiger partial charge in [-0.05, 0) is 24.3 Å². The van der Waals surface area contributed by atoms with Gasteiger partial charge in [0.25, 0.3) is 0 Å². The van der Waals surface area contributed by atoms with Crippen molar-refractivity contribution in [1.82, 2.24) is 0 Å². The van der Waals surface area contributed by atoms with Gasteiger partial charge >= 0.3 is 0 Å². The molecule has 4 heteroatoms. The molecule has 1 aromatic carbocycles. The van der Waals surface area contributed by atoms with Gasteiger partial charge in [0.15, 0.2) is 5.60 Å². The van der Waals surface area contributed by atoms with Crippen LogP contribution in [0.3, 0.4) is 0 Å². The predicted molar refractivity (Wildman–Crippen MR) is 96.3 cm³/mol. The lowest BCUT2D eigenvalue weighted by molar-refractivity contribution is -0.910. The van der Waals surface area contributed by atoms with Crippen molar-refractivity contribution < 1.29 is 31.3 Å². The Kier molecular flexibility index (Phi) is 7.51. The third kappa shape index (κ3) is 5.08. The van der Waals surface area contributed by atoms with E-state index in [0.717, 1.165) is 55.7 Å². The number of hydrogen-bond acceptors (Lipinski definition) is 2. The zero-order valence-electron chi connectivity index (χ0n) is 15.2. The van der Waals surface area contributed by atoms with Gasteiger partial charge in [-0.2, -0.15) is 0 Å². The molecular weight excluding hydrogens is 378 g/mol. The number of ether oxygens (including phenoxy) is 1. The van der Waals surface area contributed by atoms with Crippen molar-refractivity contribution in [2.75, 3.05) is 39.9 Å². The van der Waals surface area contributed by atoms with Gasteiger partial charge in [-0.1, -0.05) is 55.5 Å². The summed E-state index contributed by atoms with van der Waals surface area (Å²) in [6.45, 7) is 4.41. The number of quaternary nitrogens is 1. The van der Waals surface area contributed by atoms with Crippen molar-refractivity contribution in [3.8, 4) is 11.8 Å². The normalized spacial score (nSPS) is 22.8. The Hall–Kier alpha value is -0.860. The van der Waals surface area contributed by atoms with Gasteiger partial charge in [-0.15, -0.1) is 0 Å². The van der Waals surface area contributed by atoms with Crippen molar-refractivity contribution >= 4 is 0 Å².